The molecular weight excluding hydrogens is 176 g/mol. The molecule has 5 nitrogen and oxygen atoms in total. The normalized spacial score (nSPS) is 10.4. The minimum atomic E-state index is 0.347. The molecule has 2 aromatic heterocycles. The van der Waals surface area contributed by atoms with Gasteiger partial charge in [-0.05, 0) is 6.92 Å². The Labute approximate surface area is 72.0 Å². The number of nitrogens with one attached hydrogen (secondary N) is 1. The van der Waals surface area contributed by atoms with E-state index in [-0.39, 0.29) is 0 Å². The molecule has 0 bridgehead atoms. The van der Waals surface area contributed by atoms with Crippen LogP contribution in [0.1, 0.15) is 5.69 Å². The molecule has 0 unspecified atom stereocenters. The first kappa shape index (κ1) is 7.23. The van der Waals surface area contributed by atoms with Gasteiger partial charge in [0, 0.05) is 5.38 Å². The van der Waals surface area contributed by atoms with Crippen molar-refractivity contribution < 1.29 is 4.79 Å². The highest BCUT2D eigenvalue weighted by molar-refractivity contribution is 7.15. The van der Waals surface area contributed by atoms with Crippen molar-refractivity contribution in [1.29, 1.82) is 0 Å². The van der Waals surface area contributed by atoms with Crippen molar-refractivity contribution in [1.82, 2.24) is 14.6 Å². The lowest BCUT2D eigenvalue weighted by Crippen LogP contribution is -1.96. The summed E-state index contributed by atoms with van der Waals surface area (Å²) in [5.74, 6) is 0.347. The molecule has 0 aliphatic carbocycles. The fourth-order valence-corrected chi connectivity index (χ4v) is 1.71. The van der Waals surface area contributed by atoms with Crippen LogP contribution in [0.15, 0.2) is 5.38 Å². The highest BCUT2D eigenvalue weighted by atomic mass is 32.1. The maximum absolute atomic E-state index is 10.1. The predicted molar refractivity (Wildman–Crippen MR) is 45.3 cm³/mol. The van der Waals surface area contributed by atoms with Crippen molar-refractivity contribution in [3.8, 4) is 0 Å². The number of thiazole rings is 1. The Kier molecular flexibility index (Phi) is 1.54. The summed E-state index contributed by atoms with van der Waals surface area (Å²) in [5, 5.41) is 8.39. The second-order valence-corrected chi connectivity index (χ2v) is 3.11. The van der Waals surface area contributed by atoms with E-state index in [0.29, 0.717) is 12.4 Å². The van der Waals surface area contributed by atoms with Crippen molar-refractivity contribution in [2.45, 2.75) is 6.92 Å². The van der Waals surface area contributed by atoms with E-state index >= 15 is 0 Å². The summed E-state index contributed by atoms with van der Waals surface area (Å²) < 4.78 is 1.69. The zero-order valence-corrected chi connectivity index (χ0v) is 7.13. The summed E-state index contributed by atoms with van der Waals surface area (Å²) in [7, 11) is 0. The lowest BCUT2D eigenvalue weighted by molar-refractivity contribution is -0.105. The van der Waals surface area contributed by atoms with Crippen LogP contribution in [-0.2, 0) is 4.79 Å². The maximum atomic E-state index is 10.1. The van der Waals surface area contributed by atoms with E-state index in [0.717, 1.165) is 10.7 Å². The van der Waals surface area contributed by atoms with E-state index in [9.17, 15) is 4.79 Å². The number of amides is 1. The van der Waals surface area contributed by atoms with Crippen LogP contribution in [0, 0.1) is 6.92 Å². The Hall–Kier alpha value is -1.43. The third kappa shape index (κ3) is 0.964. The Balaban J connectivity index is 2.55. The van der Waals surface area contributed by atoms with Gasteiger partial charge in [-0.3, -0.25) is 10.1 Å². The number of aromatic nitrogens is 3. The molecule has 0 fully saturated rings. The first-order chi connectivity index (χ1) is 5.81. The average Bonchev–Trinajstić information content (AvgIpc) is 2.55. The van der Waals surface area contributed by atoms with Crippen LogP contribution in [0.3, 0.4) is 0 Å². The molecule has 1 N–H and O–H groups in total. The largest absolute Gasteiger partial charge is 0.296 e. The molecular formula is C6H6N4OS. The second-order valence-electron chi connectivity index (χ2n) is 2.27. The van der Waals surface area contributed by atoms with Gasteiger partial charge in [0.15, 0.2) is 0 Å². The van der Waals surface area contributed by atoms with E-state index in [4.69, 9.17) is 0 Å². The van der Waals surface area contributed by atoms with Crippen LogP contribution in [0.2, 0.25) is 0 Å². The third-order valence-corrected chi connectivity index (χ3v) is 2.37. The number of fused-ring (bicyclic) bond motifs is 1. The van der Waals surface area contributed by atoms with E-state index in [1.807, 2.05) is 12.3 Å². The van der Waals surface area contributed by atoms with Gasteiger partial charge < -0.3 is 0 Å². The summed E-state index contributed by atoms with van der Waals surface area (Å²) >= 11 is 1.49. The average molecular weight is 182 g/mol. The minimum absolute atomic E-state index is 0.347. The van der Waals surface area contributed by atoms with Gasteiger partial charge in [0.1, 0.15) is 0 Å². The van der Waals surface area contributed by atoms with E-state index in [1.165, 1.54) is 11.3 Å². The van der Waals surface area contributed by atoms with Gasteiger partial charge in [0.25, 0.3) is 0 Å². The van der Waals surface area contributed by atoms with Gasteiger partial charge in [-0.1, -0.05) is 0 Å². The monoisotopic (exact) mass is 182 g/mol. The number of rotatable bonds is 2. The Morgan fingerprint density at radius 1 is 1.75 bits per heavy atom. The molecule has 6 heteroatoms. The number of hydrogen-bond acceptors (Lipinski definition) is 4. The molecule has 2 heterocycles. The molecule has 0 radical (unpaired) electrons. The zero-order valence-electron chi connectivity index (χ0n) is 6.31. The molecule has 2 rings (SSSR count). The topological polar surface area (TPSA) is 59.3 Å². The molecule has 0 spiro atoms. The zero-order chi connectivity index (χ0) is 8.55. The summed E-state index contributed by atoms with van der Waals surface area (Å²) in [6.07, 6.45) is 0.564. The fraction of sp³-hybridized carbons (Fsp3) is 0.167. The quantitative estimate of drug-likeness (QED) is 0.694. The predicted octanol–water partition coefficient (Wildman–Crippen LogP) is 0.668. The van der Waals surface area contributed by atoms with E-state index < -0.39 is 0 Å². The molecule has 0 aliphatic rings. The summed E-state index contributed by atoms with van der Waals surface area (Å²) in [5.41, 5.74) is 1.02. The van der Waals surface area contributed by atoms with Gasteiger partial charge in [-0.2, -0.15) is 4.98 Å². The van der Waals surface area contributed by atoms with Crippen LogP contribution in [0.5, 0.6) is 0 Å². The standard InChI is InChI=1S/C6H6N4OS/c1-4-2-12-6-8-5(7-3-11)9-10(4)6/h2-3H,1H3,(H,7,9,11). The van der Waals surface area contributed by atoms with E-state index in [2.05, 4.69) is 15.4 Å². The van der Waals surface area contributed by atoms with Crippen LogP contribution in [0.4, 0.5) is 5.95 Å². The van der Waals surface area contributed by atoms with Crippen LogP contribution < -0.4 is 5.32 Å². The van der Waals surface area contributed by atoms with Gasteiger partial charge in [0.2, 0.25) is 17.3 Å². The Bertz CT molecular complexity index is 418. The molecule has 0 saturated carbocycles. The molecule has 0 aliphatic heterocycles. The Morgan fingerprint density at radius 3 is 3.25 bits per heavy atom. The second kappa shape index (κ2) is 2.56. The lowest BCUT2D eigenvalue weighted by atomic mass is 10.6. The highest BCUT2D eigenvalue weighted by Gasteiger charge is 2.05. The lowest BCUT2D eigenvalue weighted by Gasteiger charge is -1.85. The smallest absolute Gasteiger partial charge is 0.250 e. The number of anilines is 1. The third-order valence-electron chi connectivity index (χ3n) is 1.43. The number of carbonyl (C=O) groups excluding carboxylic acids is 1. The van der Waals surface area contributed by atoms with Crippen LogP contribution >= 0.6 is 11.3 Å². The fourth-order valence-electron chi connectivity index (χ4n) is 0.906. The number of carbonyl (C=O) groups is 1. The van der Waals surface area contributed by atoms with Gasteiger partial charge in [-0.25, -0.2) is 4.52 Å². The van der Waals surface area contributed by atoms with Crippen molar-refractivity contribution in [3.63, 3.8) is 0 Å². The molecule has 2 aromatic rings. The van der Waals surface area contributed by atoms with Gasteiger partial charge in [0.05, 0.1) is 5.69 Å². The summed E-state index contributed by atoms with van der Waals surface area (Å²) in [6.45, 7) is 1.93. The van der Waals surface area contributed by atoms with Gasteiger partial charge >= 0.3 is 0 Å². The number of aryl methyl sites for hydroxylation is 1. The highest BCUT2D eigenvalue weighted by Crippen LogP contribution is 2.14. The molecule has 1 amide bonds. The molecule has 62 valence electrons. The molecule has 0 aromatic carbocycles. The van der Waals surface area contributed by atoms with E-state index in [1.54, 1.807) is 4.52 Å². The number of nitrogens with zero attached hydrogens (tertiary/aromatic N) is 3. The van der Waals surface area contributed by atoms with Crippen LogP contribution in [0.25, 0.3) is 4.96 Å². The molecule has 12 heavy (non-hydrogen) atoms. The van der Waals surface area contributed by atoms with Crippen molar-refractivity contribution in [2.24, 2.45) is 0 Å². The van der Waals surface area contributed by atoms with Crippen molar-refractivity contribution >= 4 is 28.7 Å². The first-order valence-corrected chi connectivity index (χ1v) is 4.20. The summed E-state index contributed by atoms with van der Waals surface area (Å²) in [4.78, 5) is 14.9. The van der Waals surface area contributed by atoms with Crippen LogP contribution in [-0.4, -0.2) is 21.0 Å². The van der Waals surface area contributed by atoms with Gasteiger partial charge in [-0.15, -0.1) is 16.4 Å². The SMILES string of the molecule is Cc1csc2nc(NC=O)nn12. The molecule has 0 atom stereocenters. The maximum Gasteiger partial charge on any atom is 0.250 e. The first-order valence-electron chi connectivity index (χ1n) is 3.32. The molecule has 0 saturated heterocycles. The van der Waals surface area contributed by atoms with Crippen molar-refractivity contribution in [2.75, 3.05) is 5.32 Å². The minimum Gasteiger partial charge on any atom is -0.296 e. The van der Waals surface area contributed by atoms with Crippen molar-refractivity contribution in [3.05, 3.63) is 11.1 Å². The Morgan fingerprint density at radius 2 is 2.58 bits per heavy atom. The number of hydrogen-bond donors (Lipinski definition) is 1. The summed E-state index contributed by atoms with van der Waals surface area (Å²) in [6, 6.07) is 0.